The third-order valence-electron chi connectivity index (χ3n) is 3.08. The Labute approximate surface area is 152 Å². The number of amides is 2. The average Bonchev–Trinajstić information content (AvgIpc) is 2.58. The summed E-state index contributed by atoms with van der Waals surface area (Å²) in [5.74, 6) is -1.09. The van der Waals surface area contributed by atoms with Gasteiger partial charge in [-0.2, -0.15) is 0 Å². The van der Waals surface area contributed by atoms with Crippen LogP contribution in [0.3, 0.4) is 0 Å². The van der Waals surface area contributed by atoms with E-state index >= 15 is 0 Å². The largest absolute Gasteiger partial charge is 0.271 e. The quantitative estimate of drug-likeness (QED) is 0.694. The van der Waals surface area contributed by atoms with Gasteiger partial charge >= 0.3 is 0 Å². The molecule has 0 aliphatic heterocycles. The number of carbonyl (C=O) groups is 2. The highest BCUT2D eigenvalue weighted by molar-refractivity contribution is 7.89. The highest BCUT2D eigenvalue weighted by Gasteiger charge is 2.22. The maximum atomic E-state index is 12.2. The Balaban J connectivity index is 2.02. The second kappa shape index (κ2) is 7.63. The number of hydrogen-bond acceptors (Lipinski definition) is 5. The van der Waals surface area contributed by atoms with Gasteiger partial charge in [0.2, 0.25) is 10.0 Å². The molecule has 0 unspecified atom stereocenters. The minimum absolute atomic E-state index is 0.0448. The molecular weight excluding hydrogens is 356 g/mol. The minimum Gasteiger partial charge on any atom is -0.267 e. The first-order chi connectivity index (χ1) is 12.1. The highest BCUT2D eigenvalue weighted by Crippen LogP contribution is 2.13. The van der Waals surface area contributed by atoms with E-state index in [1.165, 1.54) is 36.7 Å². The Kier molecular flexibility index (Phi) is 5.73. The number of aromatic nitrogens is 1. The van der Waals surface area contributed by atoms with Crippen molar-refractivity contribution in [2.24, 2.45) is 0 Å². The summed E-state index contributed by atoms with van der Waals surface area (Å²) in [6.07, 6.45) is 2.89. The standard InChI is InChI=1S/C17H20N4O4S/c1-17(2,3)21-26(24,25)14-8-6-12(7-9-14)15(22)19-20-16(23)13-5-4-10-18-11-13/h4-11,21H,1-3H3,(H,19,22)(H,20,23). The lowest BCUT2D eigenvalue weighted by Crippen LogP contribution is -2.41. The van der Waals surface area contributed by atoms with E-state index < -0.39 is 27.4 Å². The molecule has 3 N–H and O–H groups in total. The second-order valence-electron chi connectivity index (χ2n) is 6.53. The third-order valence-corrected chi connectivity index (χ3v) is 4.85. The highest BCUT2D eigenvalue weighted by atomic mass is 32.2. The zero-order valence-corrected chi connectivity index (χ0v) is 15.4. The number of sulfonamides is 1. The molecule has 0 atom stereocenters. The summed E-state index contributed by atoms with van der Waals surface area (Å²) in [6.45, 7) is 5.20. The van der Waals surface area contributed by atoms with Crippen LogP contribution in [0.1, 0.15) is 41.5 Å². The monoisotopic (exact) mass is 376 g/mol. The number of pyridine rings is 1. The van der Waals surface area contributed by atoms with Gasteiger partial charge in [-0.15, -0.1) is 0 Å². The van der Waals surface area contributed by atoms with Gasteiger partial charge in [-0.05, 0) is 57.2 Å². The fourth-order valence-corrected chi connectivity index (χ4v) is 3.42. The summed E-state index contributed by atoms with van der Waals surface area (Å²) in [5.41, 5.74) is 4.40. The van der Waals surface area contributed by atoms with Crippen LogP contribution in [-0.4, -0.2) is 30.8 Å². The van der Waals surface area contributed by atoms with Crippen LogP contribution in [0.15, 0.2) is 53.7 Å². The Morgan fingerprint density at radius 3 is 2.00 bits per heavy atom. The molecule has 0 aliphatic rings. The first-order valence-electron chi connectivity index (χ1n) is 7.73. The molecule has 0 bridgehead atoms. The first-order valence-corrected chi connectivity index (χ1v) is 9.21. The summed E-state index contributed by atoms with van der Waals surface area (Å²) >= 11 is 0. The number of hydrogen-bond donors (Lipinski definition) is 3. The maximum absolute atomic E-state index is 12.2. The van der Waals surface area contributed by atoms with E-state index in [2.05, 4.69) is 20.6 Å². The molecule has 2 aromatic rings. The third kappa shape index (κ3) is 5.36. The molecule has 0 saturated carbocycles. The van der Waals surface area contributed by atoms with Gasteiger partial charge in [0.1, 0.15) is 0 Å². The Morgan fingerprint density at radius 2 is 1.50 bits per heavy atom. The molecule has 0 radical (unpaired) electrons. The van der Waals surface area contributed by atoms with Crippen molar-refractivity contribution in [3.63, 3.8) is 0 Å². The number of carbonyl (C=O) groups excluding carboxylic acids is 2. The molecule has 138 valence electrons. The van der Waals surface area contributed by atoms with Gasteiger partial charge in [-0.25, -0.2) is 13.1 Å². The lowest BCUT2D eigenvalue weighted by molar-refractivity contribution is 0.0846. The fraction of sp³-hybridized carbons (Fsp3) is 0.235. The van der Waals surface area contributed by atoms with Gasteiger partial charge in [0.15, 0.2) is 0 Å². The van der Waals surface area contributed by atoms with Gasteiger partial charge in [-0.1, -0.05) is 0 Å². The van der Waals surface area contributed by atoms with E-state index in [9.17, 15) is 18.0 Å². The molecule has 0 fully saturated rings. The van der Waals surface area contributed by atoms with Crippen molar-refractivity contribution in [3.05, 3.63) is 59.9 Å². The number of rotatable bonds is 4. The molecule has 0 saturated heterocycles. The van der Waals surface area contributed by atoms with Gasteiger partial charge in [0.05, 0.1) is 10.5 Å². The van der Waals surface area contributed by atoms with Crippen LogP contribution in [0.4, 0.5) is 0 Å². The van der Waals surface area contributed by atoms with E-state index in [4.69, 9.17) is 0 Å². The van der Waals surface area contributed by atoms with E-state index in [1.54, 1.807) is 32.9 Å². The summed E-state index contributed by atoms with van der Waals surface area (Å²) in [4.78, 5) is 27.8. The molecule has 2 rings (SSSR count). The summed E-state index contributed by atoms with van der Waals surface area (Å²) < 4.78 is 27.0. The maximum Gasteiger partial charge on any atom is 0.271 e. The zero-order chi connectivity index (χ0) is 19.4. The summed E-state index contributed by atoms with van der Waals surface area (Å²) in [7, 11) is -3.68. The van der Waals surface area contributed by atoms with Crippen molar-refractivity contribution in [1.29, 1.82) is 0 Å². The SMILES string of the molecule is CC(C)(C)NS(=O)(=O)c1ccc(C(=O)NNC(=O)c2cccnc2)cc1. The lowest BCUT2D eigenvalue weighted by atomic mass is 10.1. The van der Waals surface area contributed by atoms with Crippen molar-refractivity contribution in [2.75, 3.05) is 0 Å². The first kappa shape index (κ1) is 19.5. The minimum atomic E-state index is -3.68. The summed E-state index contributed by atoms with van der Waals surface area (Å²) in [5, 5.41) is 0. The molecule has 0 aliphatic carbocycles. The Hall–Kier alpha value is -2.78. The molecule has 26 heavy (non-hydrogen) atoms. The lowest BCUT2D eigenvalue weighted by Gasteiger charge is -2.20. The van der Waals surface area contributed by atoms with Crippen LogP contribution >= 0.6 is 0 Å². The summed E-state index contributed by atoms with van der Waals surface area (Å²) in [6, 6.07) is 8.53. The smallest absolute Gasteiger partial charge is 0.267 e. The van der Waals surface area contributed by atoms with E-state index in [-0.39, 0.29) is 10.5 Å². The van der Waals surface area contributed by atoms with Crippen molar-refractivity contribution in [2.45, 2.75) is 31.2 Å². The topological polar surface area (TPSA) is 117 Å². The molecular formula is C17H20N4O4S. The second-order valence-corrected chi connectivity index (χ2v) is 8.21. The van der Waals surface area contributed by atoms with Crippen molar-refractivity contribution >= 4 is 21.8 Å². The van der Waals surface area contributed by atoms with Crippen LogP contribution in [0.5, 0.6) is 0 Å². The number of hydrazine groups is 1. The molecule has 0 spiro atoms. The number of nitrogens with one attached hydrogen (secondary N) is 3. The van der Waals surface area contributed by atoms with E-state index in [1.807, 2.05) is 0 Å². The molecule has 1 aromatic carbocycles. The number of nitrogens with zero attached hydrogens (tertiary/aromatic N) is 1. The van der Waals surface area contributed by atoms with Crippen LogP contribution < -0.4 is 15.6 Å². The molecule has 1 heterocycles. The molecule has 2 amide bonds. The van der Waals surface area contributed by atoms with Crippen molar-refractivity contribution < 1.29 is 18.0 Å². The predicted molar refractivity (Wildman–Crippen MR) is 95.7 cm³/mol. The molecule has 8 nitrogen and oxygen atoms in total. The van der Waals surface area contributed by atoms with Crippen LogP contribution in [-0.2, 0) is 10.0 Å². The average molecular weight is 376 g/mol. The predicted octanol–water partition coefficient (Wildman–Crippen LogP) is 1.23. The van der Waals surface area contributed by atoms with Gasteiger partial charge in [0.25, 0.3) is 11.8 Å². The van der Waals surface area contributed by atoms with E-state index in [0.29, 0.717) is 5.56 Å². The normalized spacial score (nSPS) is 11.7. The van der Waals surface area contributed by atoms with Gasteiger partial charge in [0, 0.05) is 23.5 Å². The van der Waals surface area contributed by atoms with Crippen molar-refractivity contribution in [1.82, 2.24) is 20.6 Å². The van der Waals surface area contributed by atoms with Gasteiger partial charge < -0.3 is 0 Å². The van der Waals surface area contributed by atoms with Crippen LogP contribution in [0, 0.1) is 0 Å². The molecule has 9 heteroatoms. The Morgan fingerprint density at radius 1 is 0.923 bits per heavy atom. The number of benzene rings is 1. The zero-order valence-electron chi connectivity index (χ0n) is 14.6. The molecule has 1 aromatic heterocycles. The van der Waals surface area contributed by atoms with E-state index in [0.717, 1.165) is 0 Å². The van der Waals surface area contributed by atoms with Gasteiger partial charge in [-0.3, -0.25) is 25.4 Å². The van der Waals surface area contributed by atoms with Crippen LogP contribution in [0.2, 0.25) is 0 Å². The van der Waals surface area contributed by atoms with Crippen LogP contribution in [0.25, 0.3) is 0 Å². The van der Waals surface area contributed by atoms with Crippen molar-refractivity contribution in [3.8, 4) is 0 Å². The Bertz CT molecular complexity index is 889. The fourth-order valence-electron chi connectivity index (χ4n) is 2.00.